The lowest BCUT2D eigenvalue weighted by molar-refractivity contribution is 0.117. The lowest BCUT2D eigenvalue weighted by Gasteiger charge is -2.41. The van der Waals surface area contributed by atoms with Crippen LogP contribution in [0.15, 0.2) is 0 Å². The highest BCUT2D eigenvalue weighted by molar-refractivity contribution is 7.80. The normalized spacial score (nSPS) is 41.1. The van der Waals surface area contributed by atoms with Crippen LogP contribution in [0.5, 0.6) is 0 Å². The van der Waals surface area contributed by atoms with Crippen molar-refractivity contribution in [1.29, 1.82) is 0 Å². The summed E-state index contributed by atoms with van der Waals surface area (Å²) in [5.41, 5.74) is 4.40. The smallest absolute Gasteiger partial charge is 0.257 e. The Labute approximate surface area is 143 Å². The molecule has 4 nitrogen and oxygen atoms in total. The molecule has 124 valence electrons. The molecule has 0 saturated heterocycles. The average molecular weight is 343 g/mol. The first kappa shape index (κ1) is 16.2. The molecular formula is C16H26N2O2S2. The summed E-state index contributed by atoms with van der Waals surface area (Å²) in [4.78, 5) is 2.29. The van der Waals surface area contributed by atoms with Gasteiger partial charge in [-0.2, -0.15) is 0 Å². The van der Waals surface area contributed by atoms with Crippen molar-refractivity contribution in [3.8, 4) is 0 Å². The van der Waals surface area contributed by atoms with Crippen LogP contribution in [0.2, 0.25) is 0 Å². The monoisotopic (exact) mass is 342 g/mol. The summed E-state index contributed by atoms with van der Waals surface area (Å²) in [5.74, 6) is 3.49. The van der Waals surface area contributed by atoms with E-state index in [1.807, 2.05) is 0 Å². The zero-order chi connectivity index (χ0) is 15.9. The minimum atomic E-state index is -0.500. The van der Waals surface area contributed by atoms with Crippen LogP contribution in [0.1, 0.15) is 51.4 Å². The largest absolute Gasteiger partial charge is 0.487 e. The van der Waals surface area contributed by atoms with Gasteiger partial charge in [0.2, 0.25) is 0 Å². The summed E-state index contributed by atoms with van der Waals surface area (Å²) in [5, 5.41) is 17.3. The highest BCUT2D eigenvalue weighted by Gasteiger charge is 2.50. The molecule has 0 amide bonds. The maximum atomic E-state index is 10.0. The zero-order valence-electron chi connectivity index (χ0n) is 12.9. The standard InChI is InChI=1S/C15H23NOS.CH3NOS/c17-15(18)16(13-7-9-1-3-11(13)5-9)14-8-10-2-4-12(14)6-10;2-1(3)4/h9-14H,1-8H2,(H,17,18);(H3,2,3,4). The maximum absolute atomic E-state index is 10.0. The molecule has 4 aliphatic carbocycles. The fourth-order valence-corrected chi connectivity index (χ4v) is 5.90. The highest BCUT2D eigenvalue weighted by Crippen LogP contribution is 2.52. The van der Waals surface area contributed by atoms with Crippen molar-refractivity contribution < 1.29 is 10.2 Å². The van der Waals surface area contributed by atoms with Crippen LogP contribution in [-0.4, -0.2) is 37.5 Å². The van der Waals surface area contributed by atoms with Crippen molar-refractivity contribution >= 4 is 34.8 Å². The van der Waals surface area contributed by atoms with Gasteiger partial charge in [0.1, 0.15) is 0 Å². The van der Waals surface area contributed by atoms with Gasteiger partial charge in [-0.05, 0) is 86.6 Å². The third kappa shape index (κ3) is 3.18. The van der Waals surface area contributed by atoms with E-state index in [0.717, 1.165) is 23.7 Å². The third-order valence-corrected chi connectivity index (χ3v) is 6.55. The van der Waals surface area contributed by atoms with Crippen LogP contribution in [0.4, 0.5) is 0 Å². The Hall–Kier alpha value is -0.620. The zero-order valence-corrected chi connectivity index (χ0v) is 14.5. The van der Waals surface area contributed by atoms with E-state index < -0.39 is 5.17 Å². The summed E-state index contributed by atoms with van der Waals surface area (Å²) in [6, 6.07) is 1.15. The molecular weight excluding hydrogens is 316 g/mol. The van der Waals surface area contributed by atoms with Crippen molar-refractivity contribution in [1.82, 2.24) is 4.90 Å². The molecule has 6 atom stereocenters. The Morgan fingerprint density at radius 1 is 0.818 bits per heavy atom. The molecule has 0 aromatic rings. The fourth-order valence-electron chi connectivity index (χ4n) is 5.63. The maximum Gasteiger partial charge on any atom is 0.257 e. The van der Waals surface area contributed by atoms with Crippen molar-refractivity contribution in [2.75, 3.05) is 0 Å². The number of aliphatic hydroxyl groups is 2. The van der Waals surface area contributed by atoms with Crippen LogP contribution >= 0.6 is 24.4 Å². The molecule has 6 unspecified atom stereocenters. The summed E-state index contributed by atoms with van der Waals surface area (Å²) >= 11 is 9.07. The van der Waals surface area contributed by atoms with Gasteiger partial charge in [-0.1, -0.05) is 12.8 Å². The third-order valence-electron chi connectivity index (χ3n) is 6.34. The molecule has 6 heteroatoms. The summed E-state index contributed by atoms with van der Waals surface area (Å²) in [6.07, 6.45) is 11.0. The second kappa shape index (κ2) is 6.48. The van der Waals surface area contributed by atoms with Gasteiger partial charge in [0.15, 0.2) is 0 Å². The Bertz CT molecular complexity index is 427. The molecule has 0 aliphatic heterocycles. The molecule has 4 N–H and O–H groups in total. The first-order valence-electron chi connectivity index (χ1n) is 8.45. The molecule has 0 aromatic heterocycles. The van der Waals surface area contributed by atoms with Gasteiger partial charge < -0.3 is 20.8 Å². The van der Waals surface area contributed by atoms with Crippen molar-refractivity contribution in [3.63, 3.8) is 0 Å². The molecule has 0 radical (unpaired) electrons. The van der Waals surface area contributed by atoms with E-state index in [9.17, 15) is 5.11 Å². The van der Waals surface area contributed by atoms with Crippen molar-refractivity contribution in [2.24, 2.45) is 29.4 Å². The Kier molecular flexibility index (Phi) is 4.78. The number of thiocarbonyl (C=S) groups is 2. The lowest BCUT2D eigenvalue weighted by atomic mass is 9.88. The molecule has 0 aromatic carbocycles. The second-order valence-electron chi connectivity index (χ2n) is 7.51. The summed E-state index contributed by atoms with van der Waals surface area (Å²) in [6.45, 7) is 0. The molecule has 0 heterocycles. The number of hydrogen-bond acceptors (Lipinski definition) is 2. The van der Waals surface area contributed by atoms with Crippen LogP contribution in [0.3, 0.4) is 0 Å². The first-order valence-corrected chi connectivity index (χ1v) is 9.27. The predicted octanol–water partition coefficient (Wildman–Crippen LogP) is 3.30. The quantitative estimate of drug-likeness (QED) is 0.669. The van der Waals surface area contributed by atoms with Crippen LogP contribution in [-0.2, 0) is 0 Å². The number of aliphatic hydroxyl groups excluding tert-OH is 2. The van der Waals surface area contributed by atoms with Gasteiger partial charge in [0, 0.05) is 12.1 Å². The van der Waals surface area contributed by atoms with Crippen molar-refractivity contribution in [3.05, 3.63) is 0 Å². The average Bonchev–Trinajstić information content (AvgIpc) is 3.18. The van der Waals surface area contributed by atoms with E-state index in [-0.39, 0.29) is 5.17 Å². The molecule has 4 bridgehead atoms. The number of fused-ring (bicyclic) bond motifs is 4. The van der Waals surface area contributed by atoms with Crippen molar-refractivity contribution in [2.45, 2.75) is 63.5 Å². The van der Waals surface area contributed by atoms with Crippen LogP contribution in [0.25, 0.3) is 0 Å². The van der Waals surface area contributed by atoms with E-state index >= 15 is 0 Å². The minimum Gasteiger partial charge on any atom is -0.487 e. The second-order valence-corrected chi connectivity index (χ2v) is 8.30. The van der Waals surface area contributed by atoms with E-state index in [1.165, 1.54) is 51.4 Å². The Morgan fingerprint density at radius 2 is 1.23 bits per heavy atom. The van der Waals surface area contributed by atoms with Gasteiger partial charge >= 0.3 is 0 Å². The Morgan fingerprint density at radius 3 is 1.45 bits per heavy atom. The van der Waals surface area contributed by atoms with Gasteiger partial charge in [-0.3, -0.25) is 0 Å². The van der Waals surface area contributed by atoms with E-state index in [2.05, 4.69) is 22.9 Å². The lowest BCUT2D eigenvalue weighted by Crippen LogP contribution is -2.50. The highest BCUT2D eigenvalue weighted by atomic mass is 32.1. The molecule has 4 saturated carbocycles. The number of rotatable bonds is 2. The summed E-state index contributed by atoms with van der Waals surface area (Å²) in [7, 11) is 0. The minimum absolute atomic E-state index is 0.199. The van der Waals surface area contributed by atoms with E-state index in [1.54, 1.807) is 0 Å². The van der Waals surface area contributed by atoms with E-state index in [4.69, 9.17) is 17.3 Å². The molecule has 4 fully saturated rings. The van der Waals surface area contributed by atoms with Gasteiger partial charge in [0.25, 0.3) is 10.3 Å². The number of nitrogens with two attached hydrogens (primary N) is 1. The molecule has 4 rings (SSSR count). The predicted molar refractivity (Wildman–Crippen MR) is 95.0 cm³/mol. The Balaban J connectivity index is 0.000000325. The molecule has 22 heavy (non-hydrogen) atoms. The van der Waals surface area contributed by atoms with Gasteiger partial charge in [-0.15, -0.1) is 0 Å². The van der Waals surface area contributed by atoms with Gasteiger partial charge in [-0.25, -0.2) is 0 Å². The van der Waals surface area contributed by atoms with Crippen LogP contribution < -0.4 is 5.73 Å². The fraction of sp³-hybridized carbons (Fsp3) is 0.875. The SMILES string of the molecule is NC(O)=S.OC(=S)N(C1CC2CCC1C2)C1CC2CCC1C2. The number of hydrogen-bond donors (Lipinski definition) is 3. The topological polar surface area (TPSA) is 69.7 Å². The first-order chi connectivity index (χ1) is 10.5. The number of nitrogens with zero attached hydrogens (tertiary/aromatic N) is 1. The van der Waals surface area contributed by atoms with E-state index in [0.29, 0.717) is 12.1 Å². The summed E-state index contributed by atoms with van der Waals surface area (Å²) < 4.78 is 0. The molecule has 0 spiro atoms. The van der Waals surface area contributed by atoms with Crippen LogP contribution in [0, 0.1) is 23.7 Å². The molecule has 4 aliphatic rings. The van der Waals surface area contributed by atoms with Gasteiger partial charge in [0.05, 0.1) is 0 Å².